The van der Waals surface area contributed by atoms with Gasteiger partial charge >= 0.3 is 5.97 Å². The highest BCUT2D eigenvalue weighted by molar-refractivity contribution is 5.85. The molecule has 0 amide bonds. The summed E-state index contributed by atoms with van der Waals surface area (Å²) in [7, 11) is 0. The molecule has 0 radical (unpaired) electrons. The fraction of sp³-hybridized carbons (Fsp3) is 0.250. The van der Waals surface area contributed by atoms with Crippen LogP contribution < -0.4 is 0 Å². The lowest BCUT2D eigenvalue weighted by Crippen LogP contribution is -2.15. The van der Waals surface area contributed by atoms with Crippen molar-refractivity contribution in [3.8, 4) is 11.4 Å². The number of rotatable bonds is 5. The van der Waals surface area contributed by atoms with Gasteiger partial charge in [-0.25, -0.2) is 4.68 Å². The summed E-state index contributed by atoms with van der Waals surface area (Å²) in [6.07, 6.45) is 0.721. The lowest BCUT2D eigenvalue weighted by Gasteiger charge is -2.05. The maximum Gasteiger partial charge on any atom is 0.327 e. The van der Waals surface area contributed by atoms with Gasteiger partial charge in [0.2, 0.25) is 0 Å². The smallest absolute Gasteiger partial charge is 0.327 e. The van der Waals surface area contributed by atoms with Gasteiger partial charge in [0.05, 0.1) is 6.61 Å². The van der Waals surface area contributed by atoms with Gasteiger partial charge in [-0.3, -0.25) is 9.59 Å². The zero-order valence-electron chi connectivity index (χ0n) is 10.3. The summed E-state index contributed by atoms with van der Waals surface area (Å²) in [5.41, 5.74) is 1.04. The summed E-state index contributed by atoms with van der Waals surface area (Å²) >= 11 is 0. The standard InChI is InChI=1S/C12H12N4O3/c1-2-19-11(18)7-16-12(13-14-15-16)10-6-4-3-5-9(10)8-17/h3-6,8H,2,7H2,1H3. The molecule has 0 unspecified atom stereocenters. The van der Waals surface area contributed by atoms with Gasteiger partial charge < -0.3 is 4.74 Å². The summed E-state index contributed by atoms with van der Waals surface area (Å²) in [6.45, 7) is 1.92. The molecule has 2 rings (SSSR count). The molecule has 0 N–H and O–H groups in total. The molecule has 0 aliphatic carbocycles. The highest BCUT2D eigenvalue weighted by Crippen LogP contribution is 2.19. The van der Waals surface area contributed by atoms with Gasteiger partial charge in [-0.05, 0) is 17.4 Å². The van der Waals surface area contributed by atoms with E-state index in [2.05, 4.69) is 15.5 Å². The third kappa shape index (κ3) is 2.82. The van der Waals surface area contributed by atoms with E-state index in [-0.39, 0.29) is 6.54 Å². The third-order valence-electron chi connectivity index (χ3n) is 2.44. The van der Waals surface area contributed by atoms with Crippen LogP contribution in [0.2, 0.25) is 0 Å². The number of ether oxygens (including phenoxy) is 1. The molecule has 0 saturated carbocycles. The van der Waals surface area contributed by atoms with E-state index >= 15 is 0 Å². The van der Waals surface area contributed by atoms with Crippen LogP contribution in [0.1, 0.15) is 17.3 Å². The number of nitrogens with zero attached hydrogens (tertiary/aromatic N) is 4. The van der Waals surface area contributed by atoms with Crippen LogP contribution in [0.5, 0.6) is 0 Å². The Morgan fingerprint density at radius 1 is 1.42 bits per heavy atom. The number of carbonyl (C=O) groups excluding carboxylic acids is 2. The zero-order chi connectivity index (χ0) is 13.7. The van der Waals surface area contributed by atoms with E-state index < -0.39 is 5.97 Å². The molecular formula is C12H12N4O3. The number of hydrogen-bond donors (Lipinski definition) is 0. The van der Waals surface area contributed by atoms with E-state index in [1.807, 2.05) is 0 Å². The summed E-state index contributed by atoms with van der Waals surface area (Å²) in [5.74, 6) is -0.0737. The lowest BCUT2D eigenvalue weighted by atomic mass is 10.1. The van der Waals surface area contributed by atoms with Gasteiger partial charge in [0.1, 0.15) is 6.54 Å². The Kier molecular flexibility index (Phi) is 3.97. The molecule has 1 aromatic heterocycles. The molecule has 1 heterocycles. The van der Waals surface area contributed by atoms with Crippen LogP contribution in [-0.4, -0.2) is 39.1 Å². The van der Waals surface area contributed by atoms with Crippen molar-refractivity contribution < 1.29 is 14.3 Å². The van der Waals surface area contributed by atoms with Crippen molar-refractivity contribution in [2.24, 2.45) is 0 Å². The molecule has 98 valence electrons. The zero-order valence-corrected chi connectivity index (χ0v) is 10.3. The van der Waals surface area contributed by atoms with Gasteiger partial charge in [0.15, 0.2) is 12.1 Å². The maximum absolute atomic E-state index is 11.4. The van der Waals surface area contributed by atoms with Gasteiger partial charge in [0.25, 0.3) is 0 Å². The molecule has 2 aromatic rings. The molecule has 0 fully saturated rings. The first kappa shape index (κ1) is 12.9. The molecule has 1 aromatic carbocycles. The summed E-state index contributed by atoms with van der Waals surface area (Å²) in [6, 6.07) is 6.89. The molecule has 0 atom stereocenters. The van der Waals surface area contributed by atoms with Crippen LogP contribution in [0.4, 0.5) is 0 Å². The molecule has 7 heteroatoms. The Morgan fingerprint density at radius 2 is 2.21 bits per heavy atom. The number of tetrazole rings is 1. The Balaban J connectivity index is 2.33. The van der Waals surface area contributed by atoms with Crippen molar-refractivity contribution in [3.05, 3.63) is 29.8 Å². The number of benzene rings is 1. The first-order valence-electron chi connectivity index (χ1n) is 5.72. The van der Waals surface area contributed by atoms with Crippen molar-refractivity contribution in [1.29, 1.82) is 0 Å². The van der Waals surface area contributed by atoms with E-state index in [9.17, 15) is 9.59 Å². The maximum atomic E-state index is 11.4. The van der Waals surface area contributed by atoms with E-state index in [0.29, 0.717) is 23.6 Å². The van der Waals surface area contributed by atoms with Crippen molar-refractivity contribution >= 4 is 12.3 Å². The molecular weight excluding hydrogens is 248 g/mol. The first-order chi connectivity index (χ1) is 9.26. The van der Waals surface area contributed by atoms with Crippen molar-refractivity contribution in [2.45, 2.75) is 13.5 Å². The normalized spacial score (nSPS) is 10.2. The van der Waals surface area contributed by atoms with Gasteiger partial charge in [0, 0.05) is 11.1 Å². The van der Waals surface area contributed by atoms with Gasteiger partial charge in [-0.15, -0.1) is 5.10 Å². The average Bonchev–Trinajstić information content (AvgIpc) is 2.86. The number of aromatic nitrogens is 4. The second kappa shape index (κ2) is 5.85. The van der Waals surface area contributed by atoms with Crippen LogP contribution in [0.3, 0.4) is 0 Å². The van der Waals surface area contributed by atoms with E-state index in [0.717, 1.165) is 6.29 Å². The molecule has 0 aliphatic heterocycles. The lowest BCUT2D eigenvalue weighted by molar-refractivity contribution is -0.144. The average molecular weight is 260 g/mol. The largest absolute Gasteiger partial charge is 0.465 e. The highest BCUT2D eigenvalue weighted by atomic mass is 16.5. The van der Waals surface area contributed by atoms with Crippen molar-refractivity contribution in [1.82, 2.24) is 20.2 Å². The number of esters is 1. The first-order valence-corrected chi connectivity index (χ1v) is 5.72. The third-order valence-corrected chi connectivity index (χ3v) is 2.44. The topological polar surface area (TPSA) is 87.0 Å². The number of carbonyl (C=O) groups is 2. The summed E-state index contributed by atoms with van der Waals surface area (Å²) in [4.78, 5) is 22.4. The van der Waals surface area contributed by atoms with E-state index in [1.165, 1.54) is 4.68 Å². The van der Waals surface area contributed by atoms with Crippen LogP contribution in [0, 0.1) is 0 Å². The van der Waals surface area contributed by atoms with Gasteiger partial charge in [-0.1, -0.05) is 24.3 Å². The minimum atomic E-state index is -0.431. The van der Waals surface area contributed by atoms with Crippen molar-refractivity contribution in [3.63, 3.8) is 0 Å². The molecule has 19 heavy (non-hydrogen) atoms. The minimum Gasteiger partial charge on any atom is -0.465 e. The van der Waals surface area contributed by atoms with Crippen LogP contribution in [0.25, 0.3) is 11.4 Å². The molecule has 7 nitrogen and oxygen atoms in total. The Bertz CT molecular complexity index is 594. The van der Waals surface area contributed by atoms with E-state index in [1.54, 1.807) is 31.2 Å². The summed E-state index contributed by atoms with van der Waals surface area (Å²) in [5, 5.41) is 11.1. The van der Waals surface area contributed by atoms with Crippen LogP contribution in [-0.2, 0) is 16.1 Å². The molecule has 0 saturated heterocycles. The monoisotopic (exact) mass is 260 g/mol. The fourth-order valence-corrected chi connectivity index (χ4v) is 1.64. The molecule has 0 bridgehead atoms. The quantitative estimate of drug-likeness (QED) is 0.581. The molecule has 0 aliphatic rings. The van der Waals surface area contributed by atoms with E-state index in [4.69, 9.17) is 4.74 Å². The minimum absolute atomic E-state index is 0.0939. The second-order valence-electron chi connectivity index (χ2n) is 3.67. The summed E-state index contributed by atoms with van der Waals surface area (Å²) < 4.78 is 6.14. The number of hydrogen-bond acceptors (Lipinski definition) is 6. The van der Waals surface area contributed by atoms with Crippen LogP contribution in [0.15, 0.2) is 24.3 Å². The molecule has 0 spiro atoms. The Labute approximate surface area is 109 Å². The van der Waals surface area contributed by atoms with Crippen molar-refractivity contribution in [2.75, 3.05) is 6.61 Å². The predicted molar refractivity (Wildman–Crippen MR) is 65.3 cm³/mol. The Hall–Kier alpha value is -2.57. The fourth-order valence-electron chi connectivity index (χ4n) is 1.64. The van der Waals surface area contributed by atoms with Gasteiger partial charge in [-0.2, -0.15) is 0 Å². The number of aldehydes is 1. The van der Waals surface area contributed by atoms with Crippen LogP contribution >= 0.6 is 0 Å². The Morgan fingerprint density at radius 3 is 2.95 bits per heavy atom. The highest BCUT2D eigenvalue weighted by Gasteiger charge is 2.15. The SMILES string of the molecule is CCOC(=O)Cn1nnnc1-c1ccccc1C=O. The second-order valence-corrected chi connectivity index (χ2v) is 3.67. The predicted octanol–water partition coefficient (Wildman–Crippen LogP) is 0.716.